The van der Waals surface area contributed by atoms with Gasteiger partial charge in [-0.1, -0.05) is 0 Å². The van der Waals surface area contributed by atoms with Gasteiger partial charge in [0, 0.05) is 66.9 Å². The van der Waals surface area contributed by atoms with Crippen LogP contribution in [-0.4, -0.2) is 67.8 Å². The topological polar surface area (TPSA) is 121 Å². The summed E-state index contributed by atoms with van der Waals surface area (Å²) in [6, 6.07) is 7.72. The third-order valence-corrected chi connectivity index (χ3v) is 10.0. The molecule has 1 saturated heterocycles. The maximum atomic E-state index is 15.3. The number of nitrogens with zero attached hydrogens (tertiary/aromatic N) is 7. The van der Waals surface area contributed by atoms with Crippen molar-refractivity contribution in [2.45, 2.75) is 32.3 Å². The van der Waals surface area contributed by atoms with Crippen molar-refractivity contribution in [3.8, 4) is 16.8 Å². The number of thiophene rings is 1. The molecule has 0 amide bonds. The van der Waals surface area contributed by atoms with E-state index in [-0.39, 0.29) is 22.5 Å². The minimum absolute atomic E-state index is 0.152. The number of likely N-dealkylation sites (N-methyl/N-ethyl adjacent to an activating group) is 1. The first-order valence-electron chi connectivity index (χ1n) is 15.0. The molecule has 0 unspecified atom stereocenters. The summed E-state index contributed by atoms with van der Waals surface area (Å²) in [7, 11) is 3.68. The lowest BCUT2D eigenvalue weighted by Gasteiger charge is -2.32. The van der Waals surface area contributed by atoms with Crippen LogP contribution in [0.4, 0.5) is 21.7 Å². The molecular formula is C32H33FN8O3S. The molecule has 4 aromatic heterocycles. The third-order valence-electron chi connectivity index (χ3n) is 8.71. The molecule has 1 aromatic carbocycles. The summed E-state index contributed by atoms with van der Waals surface area (Å²) in [5.41, 5.74) is 1.98. The average Bonchev–Trinajstić information content (AvgIpc) is 3.43. The number of hydrogen-bond donors (Lipinski definition) is 2. The van der Waals surface area contributed by atoms with E-state index in [0.717, 1.165) is 63.1 Å². The Morgan fingerprint density at radius 3 is 2.56 bits per heavy atom. The Morgan fingerprint density at radius 1 is 1.00 bits per heavy atom. The van der Waals surface area contributed by atoms with Crippen LogP contribution in [0, 0.1) is 5.82 Å². The van der Waals surface area contributed by atoms with Crippen molar-refractivity contribution < 1.29 is 9.50 Å². The highest BCUT2D eigenvalue weighted by Crippen LogP contribution is 2.35. The second-order valence-electron chi connectivity index (χ2n) is 11.7. The van der Waals surface area contributed by atoms with Gasteiger partial charge in [0.1, 0.15) is 16.2 Å². The van der Waals surface area contributed by atoms with Crippen LogP contribution < -0.4 is 21.3 Å². The number of anilines is 3. The number of halogens is 1. The second kappa shape index (κ2) is 11.8. The molecule has 0 spiro atoms. The standard InChI is InChI=1S/C32H33FN8O3S/c1-38-9-11-40(12-10-38)29-8-7-28(36-37-29)35-25-13-19(17-39(2)31(25)43)22-14-20(33)15-26(24(22)18-42)41-32(44)30-23(16-34-41)21-5-3-4-6-27(21)45-30/h7-8,13-17,42H,3-6,9-12,18H2,1-2H3,(H,35,36). The van der Waals surface area contributed by atoms with Gasteiger partial charge in [-0.3, -0.25) is 9.59 Å². The van der Waals surface area contributed by atoms with Gasteiger partial charge in [0.2, 0.25) is 0 Å². The van der Waals surface area contributed by atoms with Crippen LogP contribution in [-0.2, 0) is 26.5 Å². The van der Waals surface area contributed by atoms with E-state index in [2.05, 4.69) is 37.5 Å². The molecule has 0 atom stereocenters. The smallest absolute Gasteiger partial charge is 0.289 e. The summed E-state index contributed by atoms with van der Waals surface area (Å²) in [5, 5.41) is 27.5. The van der Waals surface area contributed by atoms with Gasteiger partial charge in [-0.15, -0.1) is 21.5 Å². The van der Waals surface area contributed by atoms with Gasteiger partial charge in [-0.2, -0.15) is 9.78 Å². The lowest BCUT2D eigenvalue weighted by Crippen LogP contribution is -2.44. The Kier molecular flexibility index (Phi) is 7.68. The van der Waals surface area contributed by atoms with Gasteiger partial charge in [0.05, 0.1) is 18.5 Å². The molecule has 2 aliphatic rings. The molecule has 0 radical (unpaired) electrons. The summed E-state index contributed by atoms with van der Waals surface area (Å²) in [6.07, 6.45) is 7.27. The van der Waals surface area contributed by atoms with Crippen LogP contribution in [0.1, 0.15) is 28.8 Å². The van der Waals surface area contributed by atoms with Crippen LogP contribution in [0.25, 0.3) is 26.9 Å². The summed E-state index contributed by atoms with van der Waals surface area (Å²) >= 11 is 1.48. The Balaban J connectivity index is 1.25. The molecule has 7 rings (SSSR count). The van der Waals surface area contributed by atoms with Crippen LogP contribution in [0.15, 0.2) is 52.3 Å². The molecule has 5 heterocycles. The van der Waals surface area contributed by atoms with Crippen molar-refractivity contribution in [2.24, 2.45) is 7.05 Å². The molecule has 1 fully saturated rings. The fraction of sp³-hybridized carbons (Fsp3) is 0.344. The number of nitrogens with one attached hydrogen (secondary N) is 1. The van der Waals surface area contributed by atoms with Crippen molar-refractivity contribution in [1.82, 2.24) is 29.4 Å². The predicted molar refractivity (Wildman–Crippen MR) is 173 cm³/mol. The third kappa shape index (κ3) is 5.40. The van der Waals surface area contributed by atoms with E-state index in [1.54, 1.807) is 31.6 Å². The van der Waals surface area contributed by atoms with Crippen LogP contribution in [0.2, 0.25) is 0 Å². The zero-order valence-electron chi connectivity index (χ0n) is 25.1. The van der Waals surface area contributed by atoms with Crippen LogP contribution in [0.5, 0.6) is 0 Å². The summed E-state index contributed by atoms with van der Waals surface area (Å²) in [5.74, 6) is 0.539. The van der Waals surface area contributed by atoms with Crippen molar-refractivity contribution in [3.05, 3.63) is 85.3 Å². The number of pyridine rings is 1. The fourth-order valence-electron chi connectivity index (χ4n) is 6.24. The normalized spacial score (nSPS) is 15.4. The summed E-state index contributed by atoms with van der Waals surface area (Å²) in [4.78, 5) is 32.5. The van der Waals surface area contributed by atoms with Gasteiger partial charge >= 0.3 is 0 Å². The van der Waals surface area contributed by atoms with E-state index < -0.39 is 12.4 Å². The zero-order valence-corrected chi connectivity index (χ0v) is 25.9. The SMILES string of the molecule is CN1CCN(c2ccc(Nc3cc(-c4cc(F)cc(-n5ncc6c7c(sc6c5=O)CCCC7)c4CO)cn(C)c3=O)nn2)CC1. The number of benzene rings is 1. The van der Waals surface area contributed by atoms with Crippen molar-refractivity contribution in [1.29, 1.82) is 0 Å². The summed E-state index contributed by atoms with van der Waals surface area (Å²) < 4.78 is 18.4. The number of hydrogen-bond acceptors (Lipinski definition) is 10. The molecule has 1 aliphatic heterocycles. The molecule has 0 bridgehead atoms. The number of fused-ring (bicyclic) bond motifs is 3. The lowest BCUT2D eigenvalue weighted by atomic mass is 9.97. The molecule has 13 heteroatoms. The van der Waals surface area contributed by atoms with Gasteiger partial charge in [-0.25, -0.2) is 4.39 Å². The van der Waals surface area contributed by atoms with E-state index in [9.17, 15) is 14.7 Å². The molecule has 11 nitrogen and oxygen atoms in total. The maximum Gasteiger partial charge on any atom is 0.289 e. The average molecular weight is 629 g/mol. The van der Waals surface area contributed by atoms with Gasteiger partial charge in [0.25, 0.3) is 11.1 Å². The molecule has 1 aliphatic carbocycles. The molecule has 45 heavy (non-hydrogen) atoms. The second-order valence-corrected chi connectivity index (χ2v) is 12.8. The van der Waals surface area contributed by atoms with Gasteiger partial charge in [-0.05, 0) is 68.1 Å². The van der Waals surface area contributed by atoms with E-state index in [1.807, 2.05) is 6.07 Å². The molecule has 232 valence electrons. The first kappa shape index (κ1) is 29.3. The zero-order chi connectivity index (χ0) is 31.2. The predicted octanol–water partition coefficient (Wildman–Crippen LogP) is 3.61. The number of aliphatic hydroxyl groups excluding tert-OH is 1. The molecule has 5 aromatic rings. The van der Waals surface area contributed by atoms with Crippen molar-refractivity contribution >= 4 is 38.7 Å². The quantitative estimate of drug-likeness (QED) is 0.291. The van der Waals surface area contributed by atoms with Gasteiger partial charge < -0.3 is 24.8 Å². The number of aliphatic hydroxyl groups is 1. The lowest BCUT2D eigenvalue weighted by molar-refractivity contribution is 0.281. The highest BCUT2D eigenvalue weighted by atomic mass is 32.1. The Bertz CT molecular complexity index is 2030. The molecule has 2 N–H and O–H groups in total. The number of aryl methyl sites for hydroxylation is 3. The van der Waals surface area contributed by atoms with Crippen molar-refractivity contribution in [2.75, 3.05) is 43.4 Å². The van der Waals surface area contributed by atoms with Crippen molar-refractivity contribution in [3.63, 3.8) is 0 Å². The highest BCUT2D eigenvalue weighted by Gasteiger charge is 2.22. The molecule has 0 saturated carbocycles. The molecular weight excluding hydrogens is 595 g/mol. The van der Waals surface area contributed by atoms with E-state index in [1.165, 1.54) is 43.2 Å². The largest absolute Gasteiger partial charge is 0.392 e. The first-order chi connectivity index (χ1) is 21.8. The first-order valence-corrected chi connectivity index (χ1v) is 15.8. The highest BCUT2D eigenvalue weighted by molar-refractivity contribution is 7.19. The minimum atomic E-state index is -0.606. The fourth-order valence-corrected chi connectivity index (χ4v) is 7.53. The maximum absolute atomic E-state index is 15.3. The minimum Gasteiger partial charge on any atom is -0.392 e. The Hall–Kier alpha value is -4.46. The number of rotatable bonds is 6. The Labute approximate surface area is 262 Å². The monoisotopic (exact) mass is 628 g/mol. The number of piperazine rings is 1. The van der Waals surface area contributed by atoms with E-state index >= 15 is 4.39 Å². The number of aromatic nitrogens is 5. The van der Waals surface area contributed by atoms with E-state index in [4.69, 9.17) is 0 Å². The van der Waals surface area contributed by atoms with E-state index in [0.29, 0.717) is 27.2 Å². The Morgan fingerprint density at radius 2 is 1.80 bits per heavy atom. The van der Waals surface area contributed by atoms with Crippen LogP contribution in [0.3, 0.4) is 0 Å². The van der Waals surface area contributed by atoms with Gasteiger partial charge in [0.15, 0.2) is 11.6 Å². The van der Waals surface area contributed by atoms with Crippen LogP contribution >= 0.6 is 11.3 Å². The summed E-state index contributed by atoms with van der Waals surface area (Å²) in [6.45, 7) is 3.11.